The highest BCUT2D eigenvalue weighted by atomic mass is 127. The van der Waals surface area contributed by atoms with Crippen molar-refractivity contribution in [3.8, 4) is 0 Å². The number of nitrogens with zero attached hydrogens (tertiary/aromatic N) is 1. The molecule has 2 heteroatoms. The summed E-state index contributed by atoms with van der Waals surface area (Å²) in [5, 5.41) is 0. The van der Waals surface area contributed by atoms with Gasteiger partial charge >= 0.3 is 0 Å². The van der Waals surface area contributed by atoms with E-state index in [1.54, 1.807) is 0 Å². The number of aliphatic imine (C=N–C) groups is 1. The molecule has 0 bridgehead atoms. The first kappa shape index (κ1) is 7.51. The molecule has 1 heterocycles. The molecule has 1 unspecified atom stereocenters. The van der Waals surface area contributed by atoms with E-state index >= 15 is 0 Å². The fourth-order valence-corrected chi connectivity index (χ4v) is 1.39. The monoisotopic (exact) mass is 237 g/mol. The van der Waals surface area contributed by atoms with Gasteiger partial charge in [0.25, 0.3) is 0 Å². The average Bonchev–Trinajstić information content (AvgIpc) is 1.78. The predicted octanol–water partition coefficient (Wildman–Crippen LogP) is 2.64. The Hall–Kier alpha value is 0.400. The molecule has 0 aromatic carbocycles. The molecule has 0 fully saturated rings. The Morgan fingerprint density at radius 3 is 2.67 bits per heavy atom. The molecular weight excluding hydrogens is 225 g/mol. The van der Waals surface area contributed by atoms with Crippen LogP contribution in [0.4, 0.5) is 0 Å². The summed E-state index contributed by atoms with van der Waals surface area (Å²) in [5.74, 6) is 0. The SMILES string of the molecule is CC1(C)C=NC(I)CC1. The lowest BCUT2D eigenvalue weighted by Gasteiger charge is -2.24. The summed E-state index contributed by atoms with van der Waals surface area (Å²) in [6.07, 6.45) is 4.61. The van der Waals surface area contributed by atoms with Gasteiger partial charge in [0.05, 0.1) is 0 Å². The minimum absolute atomic E-state index is 0.363. The van der Waals surface area contributed by atoms with Crippen LogP contribution in [0.3, 0.4) is 0 Å². The molecule has 1 nitrogen and oxygen atoms in total. The van der Waals surface area contributed by atoms with Crippen LogP contribution >= 0.6 is 22.6 Å². The van der Waals surface area contributed by atoms with E-state index < -0.39 is 0 Å². The molecule has 1 rings (SSSR count). The molecule has 9 heavy (non-hydrogen) atoms. The molecular formula is C7H12IN. The zero-order valence-corrected chi connectivity index (χ0v) is 8.05. The van der Waals surface area contributed by atoms with Crippen molar-refractivity contribution in [2.75, 3.05) is 0 Å². The van der Waals surface area contributed by atoms with Crippen molar-refractivity contribution in [2.24, 2.45) is 10.4 Å². The second kappa shape index (κ2) is 2.56. The Morgan fingerprint density at radius 1 is 1.67 bits per heavy atom. The van der Waals surface area contributed by atoms with Crippen LogP contribution in [0.1, 0.15) is 26.7 Å². The van der Waals surface area contributed by atoms with E-state index in [0.29, 0.717) is 9.46 Å². The van der Waals surface area contributed by atoms with Gasteiger partial charge in [0.1, 0.15) is 4.05 Å². The topological polar surface area (TPSA) is 12.4 Å². The maximum Gasteiger partial charge on any atom is 0.101 e. The van der Waals surface area contributed by atoms with Crippen molar-refractivity contribution in [2.45, 2.75) is 30.7 Å². The number of halogens is 1. The number of alkyl halides is 1. The Balaban J connectivity index is 2.58. The van der Waals surface area contributed by atoms with Gasteiger partial charge in [-0.3, -0.25) is 4.99 Å². The van der Waals surface area contributed by atoms with Crippen LogP contribution in [-0.2, 0) is 0 Å². The lowest BCUT2D eigenvalue weighted by molar-refractivity contribution is 0.447. The second-order valence-electron chi connectivity index (χ2n) is 3.24. The lowest BCUT2D eigenvalue weighted by atomic mass is 9.88. The Labute approximate surface area is 70.1 Å². The molecule has 1 aliphatic heterocycles. The fraction of sp³-hybridized carbons (Fsp3) is 0.857. The maximum absolute atomic E-state index is 4.34. The van der Waals surface area contributed by atoms with Crippen molar-refractivity contribution in [1.82, 2.24) is 0 Å². The van der Waals surface area contributed by atoms with E-state index in [-0.39, 0.29) is 0 Å². The number of hydrogen-bond acceptors (Lipinski definition) is 1. The van der Waals surface area contributed by atoms with E-state index in [0.717, 1.165) is 0 Å². The summed E-state index contributed by atoms with van der Waals surface area (Å²) in [6, 6.07) is 0. The molecule has 0 aliphatic carbocycles. The summed E-state index contributed by atoms with van der Waals surface area (Å²) < 4.78 is 0.538. The largest absolute Gasteiger partial charge is 0.283 e. The first-order valence-electron chi connectivity index (χ1n) is 3.29. The van der Waals surface area contributed by atoms with Crippen LogP contribution in [0, 0.1) is 5.41 Å². The second-order valence-corrected chi connectivity index (χ2v) is 4.68. The summed E-state index contributed by atoms with van der Waals surface area (Å²) >= 11 is 2.38. The van der Waals surface area contributed by atoms with Crippen LogP contribution in [0.15, 0.2) is 4.99 Å². The summed E-state index contributed by atoms with van der Waals surface area (Å²) in [7, 11) is 0. The molecule has 0 aromatic rings. The summed E-state index contributed by atoms with van der Waals surface area (Å²) in [4.78, 5) is 4.34. The lowest BCUT2D eigenvalue weighted by Crippen LogP contribution is -2.20. The molecule has 0 amide bonds. The van der Waals surface area contributed by atoms with Crippen LogP contribution < -0.4 is 0 Å². The predicted molar refractivity (Wildman–Crippen MR) is 49.3 cm³/mol. The minimum Gasteiger partial charge on any atom is -0.283 e. The maximum atomic E-state index is 4.34. The van der Waals surface area contributed by atoms with Crippen molar-refractivity contribution in [3.63, 3.8) is 0 Å². The van der Waals surface area contributed by atoms with E-state index in [1.807, 2.05) is 0 Å². The number of hydrogen-bond donors (Lipinski definition) is 0. The minimum atomic E-state index is 0.363. The number of rotatable bonds is 0. The smallest absolute Gasteiger partial charge is 0.101 e. The molecule has 0 saturated carbocycles. The van der Waals surface area contributed by atoms with Crippen molar-refractivity contribution >= 4 is 28.8 Å². The molecule has 0 spiro atoms. The highest BCUT2D eigenvalue weighted by Gasteiger charge is 2.20. The van der Waals surface area contributed by atoms with Gasteiger partial charge in [0, 0.05) is 6.21 Å². The molecule has 1 aliphatic rings. The molecule has 52 valence electrons. The molecule has 1 atom stereocenters. The molecule has 0 N–H and O–H groups in total. The van der Waals surface area contributed by atoms with Gasteiger partial charge in [0.15, 0.2) is 0 Å². The highest BCUT2D eigenvalue weighted by Crippen LogP contribution is 2.28. The highest BCUT2D eigenvalue weighted by molar-refractivity contribution is 14.1. The van der Waals surface area contributed by atoms with E-state index in [1.165, 1.54) is 12.8 Å². The first-order chi connectivity index (χ1) is 4.10. The van der Waals surface area contributed by atoms with Gasteiger partial charge in [0.2, 0.25) is 0 Å². The van der Waals surface area contributed by atoms with E-state index in [4.69, 9.17) is 0 Å². The van der Waals surface area contributed by atoms with Crippen molar-refractivity contribution in [3.05, 3.63) is 0 Å². The third kappa shape index (κ3) is 2.24. The third-order valence-electron chi connectivity index (χ3n) is 1.61. The van der Waals surface area contributed by atoms with Crippen LogP contribution in [0.2, 0.25) is 0 Å². The van der Waals surface area contributed by atoms with E-state index in [2.05, 4.69) is 47.6 Å². The van der Waals surface area contributed by atoms with Gasteiger partial charge < -0.3 is 0 Å². The Kier molecular flexibility index (Phi) is 2.14. The van der Waals surface area contributed by atoms with Gasteiger partial charge in [-0.2, -0.15) is 0 Å². The van der Waals surface area contributed by atoms with Gasteiger partial charge in [-0.1, -0.05) is 36.4 Å². The standard InChI is InChI=1S/C7H12IN/c1-7(2)4-3-6(8)9-5-7/h5-6H,3-4H2,1-2H3. The van der Waals surface area contributed by atoms with Crippen LogP contribution in [0.5, 0.6) is 0 Å². The van der Waals surface area contributed by atoms with Crippen molar-refractivity contribution < 1.29 is 0 Å². The normalized spacial score (nSPS) is 32.6. The third-order valence-corrected chi connectivity index (χ3v) is 2.56. The average molecular weight is 237 g/mol. The van der Waals surface area contributed by atoms with Crippen LogP contribution in [0.25, 0.3) is 0 Å². The Morgan fingerprint density at radius 2 is 2.33 bits per heavy atom. The van der Waals surface area contributed by atoms with Crippen LogP contribution in [-0.4, -0.2) is 10.3 Å². The molecule has 0 radical (unpaired) electrons. The zero-order chi connectivity index (χ0) is 6.91. The Bertz CT molecular complexity index is 129. The zero-order valence-electron chi connectivity index (χ0n) is 5.89. The summed E-state index contributed by atoms with van der Waals surface area (Å²) in [6.45, 7) is 4.47. The van der Waals surface area contributed by atoms with Crippen molar-refractivity contribution in [1.29, 1.82) is 0 Å². The quantitative estimate of drug-likeness (QED) is 0.349. The first-order valence-corrected chi connectivity index (χ1v) is 4.53. The van der Waals surface area contributed by atoms with Gasteiger partial charge in [-0.25, -0.2) is 0 Å². The van der Waals surface area contributed by atoms with E-state index in [9.17, 15) is 0 Å². The van der Waals surface area contributed by atoms with Gasteiger partial charge in [-0.15, -0.1) is 0 Å². The fourth-order valence-electron chi connectivity index (χ4n) is 0.913. The molecule has 0 aromatic heterocycles. The summed E-state index contributed by atoms with van der Waals surface area (Å²) in [5.41, 5.74) is 0.363. The van der Waals surface area contributed by atoms with Gasteiger partial charge in [-0.05, 0) is 18.3 Å². The molecule has 0 saturated heterocycles.